The smallest absolute Gasteiger partial charge is 0.338 e. The van der Waals surface area contributed by atoms with Crippen molar-refractivity contribution in [3.63, 3.8) is 0 Å². The number of carbonyl (C=O) groups excluding carboxylic acids is 2. The fraction of sp³-hybridized carbons (Fsp3) is 0.135. The minimum atomic E-state index is -0.934. The lowest BCUT2D eigenvalue weighted by Gasteiger charge is -2.26. The topological polar surface area (TPSA) is 99.4 Å². The molecule has 0 bridgehead atoms. The number of rotatable bonds is 6. The molecular formula is C37H26ClN3O6S. The minimum absolute atomic E-state index is 0.0643. The van der Waals surface area contributed by atoms with Crippen molar-refractivity contribution in [2.75, 3.05) is 18.3 Å². The lowest BCUT2D eigenvalue weighted by Crippen LogP contribution is -2.41. The van der Waals surface area contributed by atoms with Crippen LogP contribution in [0, 0.1) is 0 Å². The molecular weight excluding hydrogens is 650 g/mol. The highest BCUT2D eigenvalue weighted by molar-refractivity contribution is 7.07. The van der Waals surface area contributed by atoms with Gasteiger partial charge in [0, 0.05) is 16.1 Å². The van der Waals surface area contributed by atoms with E-state index in [4.69, 9.17) is 30.8 Å². The highest BCUT2D eigenvalue weighted by Gasteiger charge is 2.38. The molecule has 0 unspecified atom stereocenters. The molecule has 1 aromatic heterocycles. The molecule has 4 heterocycles. The molecule has 0 saturated heterocycles. The zero-order valence-corrected chi connectivity index (χ0v) is 27.1. The highest BCUT2D eigenvalue weighted by Crippen LogP contribution is 2.41. The van der Waals surface area contributed by atoms with Gasteiger partial charge in [-0.15, -0.1) is 0 Å². The lowest BCUT2D eigenvalue weighted by molar-refractivity contribution is -0.138. The second kappa shape index (κ2) is 12.0. The van der Waals surface area contributed by atoms with Crippen molar-refractivity contribution in [3.8, 4) is 11.5 Å². The molecule has 3 aliphatic heterocycles. The van der Waals surface area contributed by atoms with Crippen LogP contribution in [-0.2, 0) is 20.9 Å². The summed E-state index contributed by atoms with van der Waals surface area (Å²) in [5.74, 6) is 0.157. The van der Waals surface area contributed by atoms with Crippen LogP contribution in [0.1, 0.15) is 35.2 Å². The number of nitrogens with zero attached hydrogens (tertiary/aromatic N) is 3. The van der Waals surface area contributed by atoms with Gasteiger partial charge in [0.1, 0.15) is 4.53 Å². The molecule has 238 valence electrons. The molecule has 8 rings (SSSR count). The van der Waals surface area contributed by atoms with Gasteiger partial charge in [0.05, 0.1) is 41.7 Å². The molecule has 0 aliphatic carbocycles. The Morgan fingerprint density at radius 1 is 0.958 bits per heavy atom. The first-order chi connectivity index (χ1) is 23.4. The number of hydrogen-bond donors (Lipinski definition) is 0. The number of para-hydroxylation sites is 1. The van der Waals surface area contributed by atoms with Crippen LogP contribution in [0.15, 0.2) is 112 Å². The maximum Gasteiger partial charge on any atom is 0.338 e. The van der Waals surface area contributed by atoms with Gasteiger partial charge >= 0.3 is 5.97 Å². The molecule has 0 fully saturated rings. The van der Waals surface area contributed by atoms with Crippen molar-refractivity contribution in [2.24, 2.45) is 4.99 Å². The third-order valence-corrected chi connectivity index (χ3v) is 9.77. The number of carbonyl (C=O) groups is 2. The molecule has 4 aromatic carbocycles. The van der Waals surface area contributed by atoms with E-state index in [0.29, 0.717) is 55.9 Å². The number of anilines is 1. The van der Waals surface area contributed by atoms with Crippen LogP contribution in [0.3, 0.4) is 0 Å². The quantitative estimate of drug-likeness (QED) is 0.229. The first-order valence-corrected chi connectivity index (χ1v) is 16.5. The first kappa shape index (κ1) is 29.9. The fourth-order valence-corrected chi connectivity index (χ4v) is 7.54. The number of amides is 1. The molecule has 1 atom stereocenters. The Morgan fingerprint density at radius 2 is 1.71 bits per heavy atom. The molecule has 0 N–H and O–H groups in total. The van der Waals surface area contributed by atoms with Crippen molar-refractivity contribution >= 4 is 51.8 Å². The number of hydrogen-bond acceptors (Lipinski definition) is 8. The number of halogens is 1. The van der Waals surface area contributed by atoms with E-state index in [1.54, 1.807) is 42.2 Å². The molecule has 0 radical (unpaired) electrons. The van der Waals surface area contributed by atoms with Crippen LogP contribution in [-0.4, -0.2) is 29.8 Å². The summed E-state index contributed by atoms with van der Waals surface area (Å²) in [6, 6.07) is 28.4. The summed E-state index contributed by atoms with van der Waals surface area (Å²) in [6.45, 7) is 2.21. The molecule has 0 spiro atoms. The van der Waals surface area contributed by atoms with E-state index in [1.807, 2.05) is 66.7 Å². The van der Waals surface area contributed by atoms with Gasteiger partial charge in [-0.25, -0.2) is 9.79 Å². The van der Waals surface area contributed by atoms with Crippen molar-refractivity contribution in [3.05, 3.63) is 150 Å². The van der Waals surface area contributed by atoms with Crippen LogP contribution in [0.2, 0.25) is 5.02 Å². The number of thiazole rings is 1. The Bertz CT molecular complexity index is 2350. The Kier molecular flexibility index (Phi) is 7.46. The third-order valence-electron chi connectivity index (χ3n) is 8.47. The molecule has 0 saturated carbocycles. The van der Waals surface area contributed by atoms with Gasteiger partial charge in [0.25, 0.3) is 11.5 Å². The van der Waals surface area contributed by atoms with E-state index in [1.165, 1.54) is 4.57 Å². The first-order valence-electron chi connectivity index (χ1n) is 15.3. The van der Waals surface area contributed by atoms with Crippen LogP contribution in [0.5, 0.6) is 11.5 Å². The SMILES string of the molecule is CCOC(=O)C1=C(c2ccccc2)N=c2s/c(=C3/C(=O)N(Cc4ccc(Cl)cc4)c4ccccc43)c(=O)n2[C@H]1c1ccc2c(c1)OCO2. The van der Waals surface area contributed by atoms with Crippen molar-refractivity contribution in [1.29, 1.82) is 0 Å². The molecule has 3 aliphatic rings. The summed E-state index contributed by atoms with van der Waals surface area (Å²) in [5, 5.41) is 0.600. The summed E-state index contributed by atoms with van der Waals surface area (Å²) < 4.78 is 18.5. The zero-order valence-electron chi connectivity index (χ0n) is 25.5. The predicted molar refractivity (Wildman–Crippen MR) is 182 cm³/mol. The lowest BCUT2D eigenvalue weighted by atomic mass is 9.93. The third kappa shape index (κ3) is 4.92. The largest absolute Gasteiger partial charge is 0.463 e. The molecule has 9 nitrogen and oxygen atoms in total. The summed E-state index contributed by atoms with van der Waals surface area (Å²) >= 11 is 7.24. The van der Waals surface area contributed by atoms with E-state index in [-0.39, 0.29) is 35.0 Å². The number of aromatic nitrogens is 1. The van der Waals surface area contributed by atoms with Gasteiger partial charge in [0.15, 0.2) is 16.3 Å². The summed E-state index contributed by atoms with van der Waals surface area (Å²) in [4.78, 5) is 49.8. The fourth-order valence-electron chi connectivity index (χ4n) is 6.32. The normalized spacial score (nSPS) is 17.2. The van der Waals surface area contributed by atoms with Crippen LogP contribution in [0.25, 0.3) is 11.3 Å². The number of ether oxygens (including phenoxy) is 3. The monoisotopic (exact) mass is 675 g/mol. The summed E-state index contributed by atoms with van der Waals surface area (Å²) in [7, 11) is 0. The average Bonchev–Trinajstić information content (AvgIpc) is 3.79. The average molecular weight is 676 g/mol. The van der Waals surface area contributed by atoms with Gasteiger partial charge < -0.3 is 19.1 Å². The summed E-state index contributed by atoms with van der Waals surface area (Å²) in [5.41, 5.74) is 3.95. The molecule has 1 amide bonds. The summed E-state index contributed by atoms with van der Waals surface area (Å²) in [6.07, 6.45) is 0. The van der Waals surface area contributed by atoms with E-state index in [2.05, 4.69) is 0 Å². The van der Waals surface area contributed by atoms with E-state index >= 15 is 0 Å². The van der Waals surface area contributed by atoms with Crippen molar-refractivity contribution < 1.29 is 23.8 Å². The van der Waals surface area contributed by atoms with Gasteiger partial charge in [-0.2, -0.15) is 0 Å². The molecule has 11 heteroatoms. The highest BCUT2D eigenvalue weighted by atomic mass is 35.5. The second-order valence-electron chi connectivity index (χ2n) is 11.3. The Morgan fingerprint density at radius 3 is 2.50 bits per heavy atom. The number of fused-ring (bicyclic) bond motifs is 3. The minimum Gasteiger partial charge on any atom is -0.463 e. The Hall–Kier alpha value is -5.45. The number of esters is 1. The van der Waals surface area contributed by atoms with Crippen LogP contribution < -0.4 is 29.3 Å². The maximum absolute atomic E-state index is 14.7. The van der Waals surface area contributed by atoms with Crippen LogP contribution >= 0.6 is 22.9 Å². The van der Waals surface area contributed by atoms with Gasteiger partial charge in [-0.1, -0.05) is 89.7 Å². The molecule has 48 heavy (non-hydrogen) atoms. The van der Waals surface area contributed by atoms with Crippen molar-refractivity contribution in [2.45, 2.75) is 19.5 Å². The van der Waals surface area contributed by atoms with E-state index < -0.39 is 17.6 Å². The van der Waals surface area contributed by atoms with E-state index in [9.17, 15) is 14.4 Å². The standard InChI is InChI=1S/C37H26ClN3O6S/c1-2-45-36(44)30-31(22-8-4-3-5-9-22)39-37-41(32(30)23-14-17-27-28(18-23)47-20-46-27)35(43)33(48-37)29-25-10-6-7-11-26(25)40(34(29)42)19-21-12-15-24(38)16-13-21/h3-18,32H,2,19-20H2,1H3/b33-29+/t32-/m0/s1. The van der Waals surface area contributed by atoms with Gasteiger partial charge in [-0.3, -0.25) is 14.2 Å². The van der Waals surface area contributed by atoms with Gasteiger partial charge in [0.2, 0.25) is 6.79 Å². The molecule has 5 aromatic rings. The van der Waals surface area contributed by atoms with Crippen LogP contribution in [0.4, 0.5) is 5.69 Å². The zero-order chi connectivity index (χ0) is 32.9. The Labute approximate surface area is 283 Å². The van der Waals surface area contributed by atoms with Gasteiger partial charge in [-0.05, 0) is 48.4 Å². The Balaban J connectivity index is 1.38. The number of benzene rings is 4. The second-order valence-corrected chi connectivity index (χ2v) is 12.7. The predicted octanol–water partition coefficient (Wildman–Crippen LogP) is 5.23. The van der Waals surface area contributed by atoms with E-state index in [0.717, 1.165) is 16.9 Å². The van der Waals surface area contributed by atoms with Crippen molar-refractivity contribution in [1.82, 2.24) is 4.57 Å². The maximum atomic E-state index is 14.7.